The molecule has 5 heteroatoms. The molecule has 4 nitrogen and oxygen atoms in total. The average Bonchev–Trinajstić information content (AvgIpc) is 2.44. The molecule has 0 saturated carbocycles. The summed E-state index contributed by atoms with van der Waals surface area (Å²) in [4.78, 5) is 0. The summed E-state index contributed by atoms with van der Waals surface area (Å²) in [5.74, 6) is 0. The van der Waals surface area contributed by atoms with Crippen molar-refractivity contribution in [2.75, 3.05) is 7.05 Å². The Bertz CT molecular complexity index is 305. The lowest BCUT2D eigenvalue weighted by atomic mass is 10.2. The van der Waals surface area contributed by atoms with Crippen LogP contribution >= 0.6 is 12.2 Å². The van der Waals surface area contributed by atoms with Gasteiger partial charge in [0, 0.05) is 31.9 Å². The number of aryl methyl sites for hydroxylation is 1. The van der Waals surface area contributed by atoms with Gasteiger partial charge in [-0.2, -0.15) is 5.10 Å². The number of hydrogen-bond acceptors (Lipinski definition) is 2. The van der Waals surface area contributed by atoms with E-state index in [4.69, 9.17) is 12.2 Å². The van der Waals surface area contributed by atoms with Gasteiger partial charge in [-0.1, -0.05) is 0 Å². The fraction of sp³-hybridized carbons (Fsp3) is 0.500. The number of thiocarbonyl (C=S) groups is 1. The number of hydrogen-bond donors (Lipinski definition) is 2. The van der Waals surface area contributed by atoms with Crippen LogP contribution in [0.2, 0.25) is 0 Å². The molecule has 13 heavy (non-hydrogen) atoms. The summed E-state index contributed by atoms with van der Waals surface area (Å²) in [6, 6.07) is 0. The maximum absolute atomic E-state index is 4.96. The molecule has 1 aromatic heterocycles. The van der Waals surface area contributed by atoms with E-state index in [9.17, 15) is 0 Å². The lowest BCUT2D eigenvalue weighted by molar-refractivity contribution is 0.736. The zero-order valence-electron chi connectivity index (χ0n) is 8.09. The van der Waals surface area contributed by atoms with Crippen LogP contribution in [-0.4, -0.2) is 21.9 Å². The molecular weight excluding hydrogens is 184 g/mol. The predicted octanol–water partition coefficient (Wildman–Crippen LogP) is 0.322. The fourth-order valence-corrected chi connectivity index (χ4v) is 1.05. The van der Waals surface area contributed by atoms with Crippen molar-refractivity contribution in [1.82, 2.24) is 20.4 Å². The van der Waals surface area contributed by atoms with Gasteiger partial charge in [-0.25, -0.2) is 0 Å². The summed E-state index contributed by atoms with van der Waals surface area (Å²) >= 11 is 4.96. The molecule has 0 amide bonds. The standard InChI is InChI=1S/C8H14N4S/c1-6-7(5-11-12(6)3)4-10-8(13)9-2/h5H,4H2,1-3H3,(H2,9,10,13). The van der Waals surface area contributed by atoms with Crippen molar-refractivity contribution in [3.8, 4) is 0 Å². The van der Waals surface area contributed by atoms with Gasteiger partial charge in [0.1, 0.15) is 0 Å². The Balaban J connectivity index is 2.55. The van der Waals surface area contributed by atoms with Crippen LogP contribution in [0.4, 0.5) is 0 Å². The second kappa shape index (κ2) is 4.23. The van der Waals surface area contributed by atoms with Gasteiger partial charge in [0.25, 0.3) is 0 Å². The quantitative estimate of drug-likeness (QED) is 0.672. The molecular formula is C8H14N4S. The zero-order valence-corrected chi connectivity index (χ0v) is 8.90. The Labute approximate surface area is 83.3 Å². The normalized spacial score (nSPS) is 9.77. The summed E-state index contributed by atoms with van der Waals surface area (Å²) < 4.78 is 1.85. The highest BCUT2D eigenvalue weighted by Crippen LogP contribution is 2.04. The highest BCUT2D eigenvalue weighted by atomic mass is 32.1. The Morgan fingerprint density at radius 3 is 2.85 bits per heavy atom. The summed E-state index contributed by atoms with van der Waals surface area (Å²) in [7, 11) is 3.72. The van der Waals surface area contributed by atoms with Crippen molar-refractivity contribution >= 4 is 17.3 Å². The molecule has 1 heterocycles. The third-order valence-corrected chi connectivity index (χ3v) is 2.35. The highest BCUT2D eigenvalue weighted by molar-refractivity contribution is 7.80. The molecule has 0 aliphatic rings. The minimum Gasteiger partial charge on any atom is -0.366 e. The molecule has 72 valence electrons. The van der Waals surface area contributed by atoms with Crippen LogP contribution in [0, 0.1) is 6.92 Å². The lowest BCUT2D eigenvalue weighted by Gasteiger charge is -2.05. The molecule has 1 aromatic rings. The Kier molecular flexibility index (Phi) is 3.25. The van der Waals surface area contributed by atoms with Crippen LogP contribution in [0.3, 0.4) is 0 Å². The fourth-order valence-electron chi connectivity index (χ4n) is 0.982. The third-order valence-electron chi connectivity index (χ3n) is 2.00. The summed E-state index contributed by atoms with van der Waals surface area (Å²) in [5.41, 5.74) is 2.33. The molecule has 0 aromatic carbocycles. The largest absolute Gasteiger partial charge is 0.366 e. The van der Waals surface area contributed by atoms with Gasteiger partial charge in [0.05, 0.1) is 6.20 Å². The van der Waals surface area contributed by atoms with E-state index in [-0.39, 0.29) is 0 Å². The van der Waals surface area contributed by atoms with Gasteiger partial charge in [0.15, 0.2) is 5.11 Å². The van der Waals surface area contributed by atoms with E-state index in [2.05, 4.69) is 15.7 Å². The first-order valence-corrected chi connectivity index (χ1v) is 4.49. The predicted molar refractivity (Wildman–Crippen MR) is 56.4 cm³/mol. The molecule has 0 aliphatic carbocycles. The molecule has 0 unspecified atom stereocenters. The lowest BCUT2D eigenvalue weighted by Crippen LogP contribution is -2.31. The third kappa shape index (κ3) is 2.42. The minimum absolute atomic E-state index is 0.656. The average molecular weight is 198 g/mol. The topological polar surface area (TPSA) is 41.9 Å². The van der Waals surface area contributed by atoms with Crippen LogP contribution in [0.1, 0.15) is 11.3 Å². The van der Waals surface area contributed by atoms with Crippen molar-refractivity contribution in [3.05, 3.63) is 17.5 Å². The first-order valence-electron chi connectivity index (χ1n) is 4.08. The van der Waals surface area contributed by atoms with Crippen molar-refractivity contribution in [2.24, 2.45) is 7.05 Å². The van der Waals surface area contributed by atoms with Gasteiger partial charge in [-0.15, -0.1) is 0 Å². The first-order chi connectivity index (χ1) is 6.15. The van der Waals surface area contributed by atoms with Crippen molar-refractivity contribution < 1.29 is 0 Å². The van der Waals surface area contributed by atoms with Gasteiger partial charge < -0.3 is 10.6 Å². The van der Waals surface area contributed by atoms with E-state index in [0.717, 1.165) is 12.2 Å². The van der Waals surface area contributed by atoms with Crippen molar-refractivity contribution in [2.45, 2.75) is 13.5 Å². The molecule has 1 rings (SSSR count). The number of nitrogens with zero attached hydrogens (tertiary/aromatic N) is 2. The molecule has 0 spiro atoms. The van der Waals surface area contributed by atoms with Gasteiger partial charge in [-0.3, -0.25) is 4.68 Å². The summed E-state index contributed by atoms with van der Waals surface area (Å²) in [6.07, 6.45) is 1.85. The van der Waals surface area contributed by atoms with E-state index in [1.807, 2.05) is 24.9 Å². The van der Waals surface area contributed by atoms with Crippen LogP contribution in [0.15, 0.2) is 6.20 Å². The SMILES string of the molecule is CNC(=S)NCc1cnn(C)c1C. The smallest absolute Gasteiger partial charge is 0.166 e. The molecule has 0 atom stereocenters. The minimum atomic E-state index is 0.656. The molecule has 2 N–H and O–H groups in total. The van der Waals surface area contributed by atoms with Gasteiger partial charge >= 0.3 is 0 Å². The Hall–Kier alpha value is -1.10. The van der Waals surface area contributed by atoms with Gasteiger partial charge in [0.2, 0.25) is 0 Å². The monoisotopic (exact) mass is 198 g/mol. The highest BCUT2D eigenvalue weighted by Gasteiger charge is 2.02. The van der Waals surface area contributed by atoms with Crippen LogP contribution in [-0.2, 0) is 13.6 Å². The van der Waals surface area contributed by atoms with Crippen LogP contribution in [0.25, 0.3) is 0 Å². The first kappa shape index (κ1) is 9.98. The van der Waals surface area contributed by atoms with E-state index in [1.165, 1.54) is 5.56 Å². The van der Waals surface area contributed by atoms with E-state index in [0.29, 0.717) is 5.11 Å². The Morgan fingerprint density at radius 1 is 1.69 bits per heavy atom. The Morgan fingerprint density at radius 2 is 2.38 bits per heavy atom. The van der Waals surface area contributed by atoms with Gasteiger partial charge in [-0.05, 0) is 19.1 Å². The molecule has 0 saturated heterocycles. The maximum Gasteiger partial charge on any atom is 0.166 e. The molecule has 0 radical (unpaired) electrons. The number of aromatic nitrogens is 2. The molecule has 0 bridgehead atoms. The number of rotatable bonds is 2. The van der Waals surface area contributed by atoms with E-state index in [1.54, 1.807) is 7.05 Å². The van der Waals surface area contributed by atoms with Crippen molar-refractivity contribution in [3.63, 3.8) is 0 Å². The maximum atomic E-state index is 4.96. The van der Waals surface area contributed by atoms with E-state index >= 15 is 0 Å². The summed E-state index contributed by atoms with van der Waals surface area (Å²) in [6.45, 7) is 2.76. The van der Waals surface area contributed by atoms with E-state index < -0.39 is 0 Å². The van der Waals surface area contributed by atoms with Crippen LogP contribution in [0.5, 0.6) is 0 Å². The molecule has 0 fully saturated rings. The number of nitrogens with one attached hydrogen (secondary N) is 2. The second-order valence-corrected chi connectivity index (χ2v) is 3.22. The molecule has 0 aliphatic heterocycles. The summed E-state index contributed by atoms with van der Waals surface area (Å²) in [5, 5.41) is 10.7. The zero-order chi connectivity index (χ0) is 9.84. The van der Waals surface area contributed by atoms with Crippen LogP contribution < -0.4 is 10.6 Å². The second-order valence-electron chi connectivity index (χ2n) is 2.81. The van der Waals surface area contributed by atoms with Crippen molar-refractivity contribution in [1.29, 1.82) is 0 Å².